The van der Waals surface area contributed by atoms with Crippen LogP contribution < -0.4 is 4.74 Å². The summed E-state index contributed by atoms with van der Waals surface area (Å²) in [5.74, 6) is 0.849. The van der Waals surface area contributed by atoms with Crippen molar-refractivity contribution in [1.29, 1.82) is 0 Å². The number of phenols is 1. The molecular weight excluding hydrogens is 491 g/mol. The lowest BCUT2D eigenvalue weighted by Crippen LogP contribution is -2.45. The highest BCUT2D eigenvalue weighted by Gasteiger charge is 2.38. The van der Waals surface area contributed by atoms with Crippen LogP contribution in [-0.4, -0.2) is 53.6 Å². The van der Waals surface area contributed by atoms with Crippen LogP contribution in [0, 0.1) is 18.7 Å². The van der Waals surface area contributed by atoms with Crippen LogP contribution in [0.15, 0.2) is 66.7 Å². The number of halogens is 1. The van der Waals surface area contributed by atoms with Crippen LogP contribution in [0.2, 0.25) is 0 Å². The molecule has 1 heterocycles. The van der Waals surface area contributed by atoms with E-state index in [4.69, 9.17) is 4.74 Å². The number of nitrogens with zero attached hydrogens (tertiary/aromatic N) is 2. The van der Waals surface area contributed by atoms with E-state index in [0.29, 0.717) is 17.9 Å². The number of phenolic OH excluding ortho intramolecular Hbond substituents is 1. The third-order valence-corrected chi connectivity index (χ3v) is 8.55. The molecule has 39 heavy (non-hydrogen) atoms. The number of hydrogen-bond donors (Lipinski definition) is 1. The molecule has 1 aliphatic carbocycles. The first-order valence-electron chi connectivity index (χ1n) is 14.1. The molecule has 0 aromatic heterocycles. The van der Waals surface area contributed by atoms with E-state index in [9.17, 15) is 14.3 Å². The maximum Gasteiger partial charge on any atom is 0.254 e. The minimum Gasteiger partial charge on any atom is -0.504 e. The van der Waals surface area contributed by atoms with Crippen LogP contribution in [0.5, 0.6) is 11.5 Å². The predicted molar refractivity (Wildman–Crippen MR) is 152 cm³/mol. The fraction of sp³-hybridized carbons (Fsp3) is 0.424. The van der Waals surface area contributed by atoms with Crippen molar-refractivity contribution < 1.29 is 19.0 Å². The number of likely N-dealkylation sites (tertiary alicyclic amines) is 1. The molecule has 2 atom stereocenters. The lowest BCUT2D eigenvalue weighted by atomic mass is 9.85. The molecule has 2 aliphatic rings. The van der Waals surface area contributed by atoms with E-state index in [1.807, 2.05) is 12.1 Å². The Hall–Kier alpha value is -3.38. The Morgan fingerprint density at radius 2 is 1.77 bits per heavy atom. The summed E-state index contributed by atoms with van der Waals surface area (Å²) in [6.45, 7) is 5.34. The molecule has 3 aromatic carbocycles. The first-order chi connectivity index (χ1) is 18.9. The lowest BCUT2D eigenvalue weighted by molar-refractivity contribution is 0.0588. The monoisotopic (exact) mass is 530 g/mol. The number of carbonyl (C=O) groups excluding carboxylic acids is 1. The van der Waals surface area contributed by atoms with Gasteiger partial charge in [-0.15, -0.1) is 0 Å². The number of aryl methyl sites for hydroxylation is 1. The van der Waals surface area contributed by atoms with E-state index in [-0.39, 0.29) is 35.4 Å². The Morgan fingerprint density at radius 3 is 2.49 bits per heavy atom. The number of rotatable bonds is 8. The van der Waals surface area contributed by atoms with Crippen molar-refractivity contribution >= 4 is 5.91 Å². The van der Waals surface area contributed by atoms with Crippen molar-refractivity contribution in [3.8, 4) is 11.5 Å². The molecule has 1 amide bonds. The van der Waals surface area contributed by atoms with E-state index in [2.05, 4.69) is 41.0 Å². The SMILES string of the molecule is COc1cc(CN2C[C@H](CN(C(=O)c3ccc(F)cc3)C3CCCCC3)[C@H](c3ccccc3C)C2)ccc1O. The number of aromatic hydroxyl groups is 1. The number of hydrogen-bond acceptors (Lipinski definition) is 4. The van der Waals surface area contributed by atoms with Gasteiger partial charge in [0.15, 0.2) is 11.5 Å². The van der Waals surface area contributed by atoms with Gasteiger partial charge in [0.25, 0.3) is 5.91 Å². The Bertz CT molecular complexity index is 1270. The second-order valence-corrected chi connectivity index (χ2v) is 11.2. The van der Waals surface area contributed by atoms with Gasteiger partial charge in [-0.25, -0.2) is 4.39 Å². The molecular formula is C33H39FN2O3. The molecule has 1 N–H and O–H groups in total. The summed E-state index contributed by atoms with van der Waals surface area (Å²) in [4.78, 5) is 18.4. The second kappa shape index (κ2) is 12.2. The molecule has 6 heteroatoms. The van der Waals surface area contributed by atoms with E-state index in [1.165, 1.54) is 29.7 Å². The van der Waals surface area contributed by atoms with Gasteiger partial charge < -0.3 is 14.7 Å². The van der Waals surface area contributed by atoms with Gasteiger partial charge in [-0.1, -0.05) is 49.6 Å². The van der Waals surface area contributed by atoms with Crippen molar-refractivity contribution in [3.05, 3.63) is 94.8 Å². The molecule has 0 bridgehead atoms. The highest BCUT2D eigenvalue weighted by atomic mass is 19.1. The van der Waals surface area contributed by atoms with E-state index >= 15 is 0 Å². The molecule has 1 aliphatic heterocycles. The normalized spacial score (nSPS) is 20.2. The van der Waals surface area contributed by atoms with Gasteiger partial charge >= 0.3 is 0 Å². The average molecular weight is 531 g/mol. The Labute approximate surface area is 231 Å². The van der Waals surface area contributed by atoms with Crippen LogP contribution in [0.4, 0.5) is 4.39 Å². The molecule has 2 fully saturated rings. The van der Waals surface area contributed by atoms with Gasteiger partial charge in [0, 0.05) is 43.7 Å². The lowest BCUT2D eigenvalue weighted by Gasteiger charge is -2.37. The van der Waals surface area contributed by atoms with Crippen LogP contribution in [0.1, 0.15) is 65.1 Å². The van der Waals surface area contributed by atoms with Gasteiger partial charge in [-0.3, -0.25) is 9.69 Å². The molecule has 0 unspecified atom stereocenters. The number of methoxy groups -OCH3 is 1. The molecule has 0 radical (unpaired) electrons. The van der Waals surface area contributed by atoms with Crippen LogP contribution >= 0.6 is 0 Å². The number of carbonyl (C=O) groups is 1. The second-order valence-electron chi connectivity index (χ2n) is 11.2. The van der Waals surface area contributed by atoms with Crippen molar-refractivity contribution in [2.75, 3.05) is 26.7 Å². The Morgan fingerprint density at radius 1 is 1.03 bits per heavy atom. The van der Waals surface area contributed by atoms with E-state index < -0.39 is 0 Å². The van der Waals surface area contributed by atoms with Crippen molar-refractivity contribution in [2.24, 2.45) is 5.92 Å². The quantitative estimate of drug-likeness (QED) is 0.359. The summed E-state index contributed by atoms with van der Waals surface area (Å²) in [5, 5.41) is 10.0. The maximum atomic E-state index is 13.9. The maximum absolute atomic E-state index is 13.9. The van der Waals surface area contributed by atoms with E-state index in [1.54, 1.807) is 25.3 Å². The van der Waals surface area contributed by atoms with Crippen molar-refractivity contribution in [3.63, 3.8) is 0 Å². The first-order valence-corrected chi connectivity index (χ1v) is 14.1. The molecule has 0 spiro atoms. The standard InChI is InChI=1S/C33H39FN2O3/c1-23-8-6-7-11-29(23)30-22-35(19-24-12-17-31(37)32(18-24)39-2)20-26(30)21-36(28-9-4-3-5-10-28)33(38)25-13-15-27(34)16-14-25/h6-8,11-18,26,28,30,37H,3-5,9-10,19-22H2,1-2H3/t26-,30-/m1/s1. The zero-order valence-electron chi connectivity index (χ0n) is 23.0. The molecule has 206 valence electrons. The van der Waals surface area contributed by atoms with Gasteiger partial charge in [0.1, 0.15) is 5.82 Å². The first kappa shape index (κ1) is 27.2. The third-order valence-electron chi connectivity index (χ3n) is 8.55. The summed E-state index contributed by atoms with van der Waals surface area (Å²) in [6, 6.07) is 20.3. The van der Waals surface area contributed by atoms with Gasteiger partial charge in [0.2, 0.25) is 0 Å². The zero-order chi connectivity index (χ0) is 27.4. The van der Waals surface area contributed by atoms with E-state index in [0.717, 1.165) is 50.9 Å². The Kier molecular flexibility index (Phi) is 8.51. The largest absolute Gasteiger partial charge is 0.504 e. The van der Waals surface area contributed by atoms with Crippen molar-refractivity contribution in [2.45, 2.75) is 57.5 Å². The predicted octanol–water partition coefficient (Wildman–Crippen LogP) is 6.54. The Balaban J connectivity index is 1.43. The van der Waals surface area contributed by atoms with Crippen LogP contribution in [-0.2, 0) is 6.54 Å². The highest BCUT2D eigenvalue weighted by Crippen LogP contribution is 2.38. The highest BCUT2D eigenvalue weighted by molar-refractivity contribution is 5.94. The van der Waals surface area contributed by atoms with Gasteiger partial charge in [0.05, 0.1) is 7.11 Å². The fourth-order valence-electron chi connectivity index (χ4n) is 6.51. The zero-order valence-corrected chi connectivity index (χ0v) is 23.0. The summed E-state index contributed by atoms with van der Waals surface area (Å²) >= 11 is 0. The summed E-state index contributed by atoms with van der Waals surface area (Å²) in [7, 11) is 1.57. The number of benzene rings is 3. The van der Waals surface area contributed by atoms with Crippen molar-refractivity contribution in [1.82, 2.24) is 9.80 Å². The average Bonchev–Trinajstić information content (AvgIpc) is 3.35. The third kappa shape index (κ3) is 6.27. The molecule has 1 saturated carbocycles. The summed E-state index contributed by atoms with van der Waals surface area (Å²) < 4.78 is 19.0. The molecule has 3 aromatic rings. The topological polar surface area (TPSA) is 53.0 Å². The van der Waals surface area contributed by atoms with Crippen LogP contribution in [0.3, 0.4) is 0 Å². The fourth-order valence-corrected chi connectivity index (χ4v) is 6.51. The molecule has 5 rings (SSSR count). The minimum atomic E-state index is -0.326. The van der Waals surface area contributed by atoms with Gasteiger partial charge in [-0.05, 0) is 78.8 Å². The molecule has 1 saturated heterocycles. The summed E-state index contributed by atoms with van der Waals surface area (Å²) in [5.41, 5.74) is 4.25. The number of ether oxygens (including phenoxy) is 1. The summed E-state index contributed by atoms with van der Waals surface area (Å²) in [6.07, 6.45) is 5.53. The van der Waals surface area contributed by atoms with Gasteiger partial charge in [-0.2, -0.15) is 0 Å². The van der Waals surface area contributed by atoms with Crippen LogP contribution in [0.25, 0.3) is 0 Å². The number of amides is 1. The minimum absolute atomic E-state index is 0.00662. The smallest absolute Gasteiger partial charge is 0.254 e. The molecule has 5 nitrogen and oxygen atoms in total.